The van der Waals surface area contributed by atoms with E-state index in [4.69, 9.17) is 9.47 Å². The number of ether oxygens (including phenoxy) is 2. The lowest BCUT2D eigenvalue weighted by molar-refractivity contribution is 0.133. The number of nitrogens with zero attached hydrogens (tertiary/aromatic N) is 1. The Morgan fingerprint density at radius 3 is 2.85 bits per heavy atom. The van der Waals surface area contributed by atoms with Crippen molar-refractivity contribution in [3.05, 3.63) is 35.4 Å². The monoisotopic (exact) mass is 360 g/mol. The molecule has 2 amide bonds. The fourth-order valence-electron chi connectivity index (χ4n) is 3.39. The lowest BCUT2D eigenvalue weighted by Crippen LogP contribution is -2.48. The van der Waals surface area contributed by atoms with Crippen LogP contribution in [0.4, 0.5) is 4.79 Å². The highest BCUT2D eigenvalue weighted by Crippen LogP contribution is 2.41. The quantitative estimate of drug-likeness (QED) is 0.756. The summed E-state index contributed by atoms with van der Waals surface area (Å²) in [5.74, 6) is 1.43. The van der Waals surface area contributed by atoms with E-state index in [0.29, 0.717) is 31.7 Å². The molecule has 0 fully saturated rings. The normalized spacial score (nSPS) is 23.7. The van der Waals surface area contributed by atoms with Crippen molar-refractivity contribution in [2.45, 2.75) is 57.9 Å². The van der Waals surface area contributed by atoms with Crippen molar-refractivity contribution in [1.29, 1.82) is 0 Å². The number of carbonyl (C=O) groups is 1. The van der Waals surface area contributed by atoms with Crippen molar-refractivity contribution in [3.8, 4) is 11.5 Å². The first-order valence-electron chi connectivity index (χ1n) is 9.04. The molecule has 2 aliphatic rings. The van der Waals surface area contributed by atoms with Gasteiger partial charge >= 0.3 is 6.03 Å². The van der Waals surface area contributed by atoms with Gasteiger partial charge in [0.05, 0.1) is 13.2 Å². The maximum absolute atomic E-state index is 12.7. The van der Waals surface area contributed by atoms with E-state index in [0.717, 1.165) is 16.9 Å². The van der Waals surface area contributed by atoms with Crippen LogP contribution in [-0.4, -0.2) is 47.4 Å². The van der Waals surface area contributed by atoms with Crippen LogP contribution in [0.1, 0.15) is 38.3 Å². The highest BCUT2D eigenvalue weighted by molar-refractivity contribution is 5.75. The summed E-state index contributed by atoms with van der Waals surface area (Å²) >= 11 is 0. The van der Waals surface area contributed by atoms with Crippen LogP contribution < -0.4 is 14.8 Å². The van der Waals surface area contributed by atoms with Crippen LogP contribution in [-0.2, 0) is 13.0 Å². The largest absolute Gasteiger partial charge is 0.493 e. The summed E-state index contributed by atoms with van der Waals surface area (Å²) < 4.78 is 11.5. The molecule has 0 aliphatic carbocycles. The summed E-state index contributed by atoms with van der Waals surface area (Å²) in [6.07, 6.45) is 4.13. The first-order chi connectivity index (χ1) is 12.3. The van der Waals surface area contributed by atoms with Gasteiger partial charge in [-0.15, -0.1) is 0 Å². The second-order valence-electron chi connectivity index (χ2n) is 7.97. The van der Waals surface area contributed by atoms with E-state index >= 15 is 0 Å². The molecule has 6 heteroatoms. The number of urea groups is 1. The van der Waals surface area contributed by atoms with Gasteiger partial charge in [-0.1, -0.05) is 18.2 Å². The molecule has 26 heavy (non-hydrogen) atoms. The number of methoxy groups -OCH3 is 1. The third kappa shape index (κ3) is 4.12. The highest BCUT2D eigenvalue weighted by Gasteiger charge is 2.31. The van der Waals surface area contributed by atoms with E-state index in [1.165, 1.54) is 0 Å². The van der Waals surface area contributed by atoms with Gasteiger partial charge in [0.15, 0.2) is 11.5 Å². The number of hydrogen-bond acceptors (Lipinski definition) is 4. The number of hydrogen-bond donors (Lipinski definition) is 2. The van der Waals surface area contributed by atoms with Crippen molar-refractivity contribution in [2.75, 3.05) is 13.7 Å². The van der Waals surface area contributed by atoms with Gasteiger partial charge < -0.3 is 24.8 Å². The molecule has 2 atom stereocenters. The van der Waals surface area contributed by atoms with Crippen LogP contribution in [0.25, 0.3) is 0 Å². The molecule has 2 heterocycles. The summed E-state index contributed by atoms with van der Waals surface area (Å²) in [5, 5.41) is 13.3. The van der Waals surface area contributed by atoms with Crippen molar-refractivity contribution in [1.82, 2.24) is 10.2 Å². The van der Waals surface area contributed by atoms with Crippen LogP contribution in [0.5, 0.6) is 11.5 Å². The molecule has 6 nitrogen and oxygen atoms in total. The molecule has 2 aliphatic heterocycles. The fraction of sp³-hybridized carbons (Fsp3) is 0.550. The zero-order valence-corrected chi connectivity index (χ0v) is 15.9. The fourth-order valence-corrected chi connectivity index (χ4v) is 3.39. The van der Waals surface area contributed by atoms with E-state index in [9.17, 15) is 9.90 Å². The average molecular weight is 360 g/mol. The Labute approximate surface area is 154 Å². The van der Waals surface area contributed by atoms with Gasteiger partial charge in [0.2, 0.25) is 0 Å². The number of benzene rings is 1. The Bertz CT molecular complexity index is 708. The molecule has 3 rings (SSSR count). The molecule has 1 aromatic rings. The molecule has 2 N–H and O–H groups in total. The van der Waals surface area contributed by atoms with Gasteiger partial charge in [-0.25, -0.2) is 4.79 Å². The lowest BCUT2D eigenvalue weighted by atomic mass is 10.00. The lowest BCUT2D eigenvalue weighted by Gasteiger charge is -2.28. The minimum absolute atomic E-state index is 0.0883. The SMILES string of the molecule is COc1ccc2c3c1OC(C3)C[C@@H](O)/C=C/CN(C(=O)NC(C)(C)C)C2. The molecular formula is C20H28N2O4. The van der Waals surface area contributed by atoms with Gasteiger partial charge in [-0.2, -0.15) is 0 Å². The molecule has 2 bridgehead atoms. The number of amides is 2. The minimum Gasteiger partial charge on any atom is -0.493 e. The number of nitrogens with one attached hydrogen (secondary N) is 1. The molecule has 0 radical (unpaired) electrons. The van der Waals surface area contributed by atoms with Gasteiger partial charge in [0.1, 0.15) is 6.10 Å². The van der Waals surface area contributed by atoms with Crippen molar-refractivity contribution in [3.63, 3.8) is 0 Å². The van der Waals surface area contributed by atoms with E-state index in [-0.39, 0.29) is 17.7 Å². The van der Waals surface area contributed by atoms with Crippen molar-refractivity contribution in [2.24, 2.45) is 0 Å². The number of carbonyl (C=O) groups excluding carboxylic acids is 1. The Hall–Kier alpha value is -2.21. The molecule has 0 saturated carbocycles. The van der Waals surface area contributed by atoms with Crippen LogP contribution in [0, 0.1) is 0 Å². The summed E-state index contributed by atoms with van der Waals surface area (Å²) in [4.78, 5) is 14.5. The summed E-state index contributed by atoms with van der Waals surface area (Å²) in [7, 11) is 1.62. The molecular weight excluding hydrogens is 332 g/mol. The van der Waals surface area contributed by atoms with Crippen LogP contribution in [0.2, 0.25) is 0 Å². The topological polar surface area (TPSA) is 71.0 Å². The van der Waals surface area contributed by atoms with Gasteiger partial charge in [-0.05, 0) is 32.4 Å². The molecule has 0 spiro atoms. The Kier molecular flexibility index (Phi) is 5.14. The van der Waals surface area contributed by atoms with E-state index < -0.39 is 6.10 Å². The van der Waals surface area contributed by atoms with E-state index in [1.54, 1.807) is 18.1 Å². The summed E-state index contributed by atoms with van der Waals surface area (Å²) in [6.45, 7) is 6.79. The molecule has 1 unspecified atom stereocenters. The standard InChI is InChI=1S/C20H28N2O4/c1-20(2,3)21-19(24)22-9-5-6-14(23)10-15-11-16-13(12-22)7-8-17(25-4)18(16)26-15/h5-8,14-15,23H,9-12H2,1-4H3,(H,21,24)/b6-5+/t14-,15?/m0/s1. The van der Waals surface area contributed by atoms with Gasteiger partial charge in [-0.3, -0.25) is 0 Å². The Balaban J connectivity index is 1.95. The van der Waals surface area contributed by atoms with E-state index in [1.807, 2.05) is 39.0 Å². The second-order valence-corrected chi connectivity index (χ2v) is 7.97. The summed E-state index contributed by atoms with van der Waals surface area (Å²) in [5.41, 5.74) is 1.80. The minimum atomic E-state index is -0.602. The maximum Gasteiger partial charge on any atom is 0.318 e. The zero-order chi connectivity index (χ0) is 18.9. The number of aliphatic hydroxyl groups excluding tert-OH is 1. The Morgan fingerprint density at radius 2 is 2.15 bits per heavy atom. The zero-order valence-electron chi connectivity index (χ0n) is 15.9. The predicted molar refractivity (Wildman–Crippen MR) is 99.6 cm³/mol. The second kappa shape index (κ2) is 7.19. The van der Waals surface area contributed by atoms with Crippen LogP contribution in [0.15, 0.2) is 24.3 Å². The van der Waals surface area contributed by atoms with Crippen LogP contribution in [0.3, 0.4) is 0 Å². The number of aliphatic hydroxyl groups is 1. The maximum atomic E-state index is 12.7. The first-order valence-corrected chi connectivity index (χ1v) is 9.04. The van der Waals surface area contributed by atoms with Gasteiger partial charge in [0, 0.05) is 37.0 Å². The first kappa shape index (κ1) is 18.6. The van der Waals surface area contributed by atoms with Crippen molar-refractivity contribution < 1.29 is 19.4 Å². The average Bonchev–Trinajstić information content (AvgIpc) is 2.94. The Morgan fingerprint density at radius 1 is 1.38 bits per heavy atom. The molecule has 0 saturated heterocycles. The molecule has 142 valence electrons. The van der Waals surface area contributed by atoms with E-state index in [2.05, 4.69) is 5.32 Å². The third-order valence-electron chi connectivity index (χ3n) is 4.58. The third-order valence-corrected chi connectivity index (χ3v) is 4.58. The van der Waals surface area contributed by atoms with Crippen molar-refractivity contribution >= 4 is 6.03 Å². The molecule has 0 aromatic heterocycles. The van der Waals surface area contributed by atoms with Gasteiger partial charge in [0.25, 0.3) is 0 Å². The highest BCUT2D eigenvalue weighted by atomic mass is 16.5. The smallest absolute Gasteiger partial charge is 0.318 e. The van der Waals surface area contributed by atoms with Crippen LogP contribution >= 0.6 is 0 Å². The number of rotatable bonds is 1. The predicted octanol–water partition coefficient (Wildman–Crippen LogP) is 2.63. The number of fused-ring (bicyclic) bond motifs is 1. The summed E-state index contributed by atoms with van der Waals surface area (Å²) in [6, 6.07) is 3.75. The molecule has 1 aromatic carbocycles.